The molecule has 0 aliphatic heterocycles. The van der Waals surface area contributed by atoms with Crippen molar-refractivity contribution in [1.29, 1.82) is 0 Å². The number of hydrazone groups is 1. The van der Waals surface area contributed by atoms with Gasteiger partial charge in [-0.1, -0.05) is 57.5 Å². The van der Waals surface area contributed by atoms with Crippen LogP contribution in [0.2, 0.25) is 5.02 Å². The highest BCUT2D eigenvalue weighted by molar-refractivity contribution is 9.10. The molecule has 0 aliphatic rings. The fourth-order valence-electron chi connectivity index (χ4n) is 2.41. The van der Waals surface area contributed by atoms with Gasteiger partial charge in [-0.3, -0.25) is 4.79 Å². The van der Waals surface area contributed by atoms with E-state index in [4.69, 9.17) is 11.6 Å². The Kier molecular flexibility index (Phi) is 7.24. The molecule has 0 atom stereocenters. The van der Waals surface area contributed by atoms with Crippen LogP contribution in [0.5, 0.6) is 0 Å². The second-order valence-electron chi connectivity index (χ2n) is 5.66. The van der Waals surface area contributed by atoms with Gasteiger partial charge in [0.25, 0.3) is 5.91 Å². The zero-order valence-corrected chi connectivity index (χ0v) is 18.1. The maximum atomic E-state index is 12.1. The Balaban J connectivity index is 1.60. The molecule has 3 aromatic rings. The van der Waals surface area contributed by atoms with Crippen LogP contribution in [0.25, 0.3) is 11.4 Å². The molecular weight excluding hydrogens is 462 g/mol. The molecule has 0 saturated heterocycles. The molecule has 1 N–H and O–H groups in total. The lowest BCUT2D eigenvalue weighted by molar-refractivity contribution is -0.118. The van der Waals surface area contributed by atoms with Gasteiger partial charge in [0, 0.05) is 27.2 Å². The first kappa shape index (κ1) is 20.6. The summed E-state index contributed by atoms with van der Waals surface area (Å²) in [4.78, 5) is 12.1. The zero-order valence-electron chi connectivity index (χ0n) is 15.0. The minimum absolute atomic E-state index is 0.187. The highest BCUT2D eigenvalue weighted by Crippen LogP contribution is 2.25. The smallest absolute Gasteiger partial charge is 0.250 e. The molecule has 0 aliphatic carbocycles. The molecule has 28 heavy (non-hydrogen) atoms. The Labute approximate surface area is 180 Å². The molecule has 1 amide bonds. The Morgan fingerprint density at radius 3 is 2.71 bits per heavy atom. The van der Waals surface area contributed by atoms with Crippen molar-refractivity contribution < 1.29 is 4.79 Å². The zero-order chi connectivity index (χ0) is 19.9. The van der Waals surface area contributed by atoms with Crippen LogP contribution < -0.4 is 5.43 Å². The first-order chi connectivity index (χ1) is 13.6. The van der Waals surface area contributed by atoms with Gasteiger partial charge >= 0.3 is 0 Å². The first-order valence-corrected chi connectivity index (χ1v) is 10.6. The molecule has 0 fully saturated rings. The van der Waals surface area contributed by atoms with Crippen LogP contribution in [-0.2, 0) is 11.3 Å². The van der Waals surface area contributed by atoms with E-state index >= 15 is 0 Å². The lowest BCUT2D eigenvalue weighted by Gasteiger charge is -2.07. The standard InChI is InChI=1S/C19H17BrClN5OS/c1-2-26-18(13-7-9-15(21)10-8-13)24-25-19(26)28-12-17(27)23-22-11-14-5-3-4-6-16(14)20/h3-11H,2,12H2,1H3,(H,23,27)/b22-11-. The third-order valence-electron chi connectivity index (χ3n) is 3.77. The van der Waals surface area contributed by atoms with E-state index in [0.717, 1.165) is 21.4 Å². The second-order valence-corrected chi connectivity index (χ2v) is 7.89. The summed E-state index contributed by atoms with van der Waals surface area (Å²) in [6, 6.07) is 15.1. The highest BCUT2D eigenvalue weighted by atomic mass is 79.9. The summed E-state index contributed by atoms with van der Waals surface area (Å²) in [5.41, 5.74) is 4.33. The van der Waals surface area contributed by atoms with Crippen molar-refractivity contribution in [3.63, 3.8) is 0 Å². The van der Waals surface area contributed by atoms with E-state index < -0.39 is 0 Å². The molecular formula is C19H17BrClN5OS. The van der Waals surface area contributed by atoms with Crippen molar-refractivity contribution in [1.82, 2.24) is 20.2 Å². The third-order valence-corrected chi connectivity index (χ3v) is 5.71. The average Bonchev–Trinajstić information content (AvgIpc) is 3.11. The van der Waals surface area contributed by atoms with Crippen LogP contribution >= 0.6 is 39.3 Å². The number of carbonyl (C=O) groups excluding carboxylic acids is 1. The number of amides is 1. The van der Waals surface area contributed by atoms with Crippen LogP contribution in [0.3, 0.4) is 0 Å². The Hall–Kier alpha value is -2.16. The fourth-order valence-corrected chi connectivity index (χ4v) is 3.72. The van der Waals surface area contributed by atoms with Crippen LogP contribution in [0.15, 0.2) is 63.3 Å². The van der Waals surface area contributed by atoms with E-state index in [2.05, 4.69) is 36.7 Å². The number of thioether (sulfide) groups is 1. The van der Waals surface area contributed by atoms with Crippen LogP contribution in [-0.4, -0.2) is 32.6 Å². The maximum absolute atomic E-state index is 12.1. The third kappa shape index (κ3) is 5.21. The molecule has 0 spiro atoms. The second kappa shape index (κ2) is 9.86. The van der Waals surface area contributed by atoms with Gasteiger partial charge in [0.15, 0.2) is 11.0 Å². The number of nitrogens with one attached hydrogen (secondary N) is 1. The minimum atomic E-state index is -0.216. The number of hydrogen-bond donors (Lipinski definition) is 1. The Morgan fingerprint density at radius 2 is 2.00 bits per heavy atom. The molecule has 144 valence electrons. The van der Waals surface area contributed by atoms with Crippen molar-refractivity contribution in [3.8, 4) is 11.4 Å². The summed E-state index contributed by atoms with van der Waals surface area (Å²) in [5, 5.41) is 13.8. The molecule has 3 rings (SSSR count). The normalized spacial score (nSPS) is 11.1. The fraction of sp³-hybridized carbons (Fsp3) is 0.158. The molecule has 0 unspecified atom stereocenters. The monoisotopic (exact) mass is 477 g/mol. The average molecular weight is 479 g/mol. The summed E-state index contributed by atoms with van der Waals surface area (Å²) in [5.74, 6) is 0.715. The van der Waals surface area contributed by atoms with E-state index in [9.17, 15) is 4.79 Å². The molecule has 2 aromatic carbocycles. The van der Waals surface area contributed by atoms with Gasteiger partial charge in [0.2, 0.25) is 0 Å². The number of nitrogens with zero attached hydrogens (tertiary/aromatic N) is 4. The van der Waals surface area contributed by atoms with Gasteiger partial charge in [-0.2, -0.15) is 5.10 Å². The Morgan fingerprint density at radius 1 is 1.25 bits per heavy atom. The van der Waals surface area contributed by atoms with Gasteiger partial charge in [-0.25, -0.2) is 5.43 Å². The van der Waals surface area contributed by atoms with Crippen LogP contribution in [0.4, 0.5) is 0 Å². The molecule has 0 radical (unpaired) electrons. The number of rotatable bonds is 7. The quantitative estimate of drug-likeness (QED) is 0.305. The largest absolute Gasteiger partial charge is 0.302 e. The van der Waals surface area contributed by atoms with Crippen molar-refractivity contribution in [2.75, 3.05) is 5.75 Å². The number of hydrogen-bond acceptors (Lipinski definition) is 5. The van der Waals surface area contributed by atoms with Crippen molar-refractivity contribution >= 4 is 51.4 Å². The van der Waals surface area contributed by atoms with E-state index in [-0.39, 0.29) is 11.7 Å². The number of benzene rings is 2. The molecule has 0 bridgehead atoms. The molecule has 9 heteroatoms. The Bertz CT molecular complexity index is 990. The van der Waals surface area contributed by atoms with E-state index in [0.29, 0.717) is 16.7 Å². The van der Waals surface area contributed by atoms with Crippen LogP contribution in [0, 0.1) is 0 Å². The summed E-state index contributed by atoms with van der Waals surface area (Å²) >= 11 is 10.7. The minimum Gasteiger partial charge on any atom is -0.302 e. The summed E-state index contributed by atoms with van der Waals surface area (Å²) in [6.45, 7) is 2.70. The molecule has 0 saturated carbocycles. The van der Waals surface area contributed by atoms with Gasteiger partial charge in [-0.05, 0) is 37.3 Å². The van der Waals surface area contributed by atoms with Crippen molar-refractivity contribution in [2.24, 2.45) is 5.10 Å². The van der Waals surface area contributed by atoms with Gasteiger partial charge < -0.3 is 4.57 Å². The lowest BCUT2D eigenvalue weighted by atomic mass is 10.2. The van der Waals surface area contributed by atoms with Gasteiger partial charge in [-0.15, -0.1) is 10.2 Å². The summed E-state index contributed by atoms with van der Waals surface area (Å²) in [7, 11) is 0. The number of aromatic nitrogens is 3. The predicted molar refractivity (Wildman–Crippen MR) is 117 cm³/mol. The summed E-state index contributed by atoms with van der Waals surface area (Å²) < 4.78 is 2.87. The van der Waals surface area contributed by atoms with Crippen molar-refractivity contribution in [2.45, 2.75) is 18.6 Å². The summed E-state index contributed by atoms with van der Waals surface area (Å²) in [6.07, 6.45) is 1.60. The van der Waals surface area contributed by atoms with Crippen molar-refractivity contribution in [3.05, 3.63) is 63.6 Å². The number of halogens is 2. The topological polar surface area (TPSA) is 72.2 Å². The van der Waals surface area contributed by atoms with Gasteiger partial charge in [0.1, 0.15) is 0 Å². The van der Waals surface area contributed by atoms with E-state index in [1.165, 1.54) is 11.8 Å². The lowest BCUT2D eigenvalue weighted by Crippen LogP contribution is -2.20. The molecule has 1 aromatic heterocycles. The van der Waals surface area contributed by atoms with E-state index in [1.807, 2.05) is 60.0 Å². The molecule has 6 nitrogen and oxygen atoms in total. The highest BCUT2D eigenvalue weighted by Gasteiger charge is 2.14. The maximum Gasteiger partial charge on any atom is 0.250 e. The molecule has 1 heterocycles. The number of carbonyl (C=O) groups is 1. The van der Waals surface area contributed by atoms with Gasteiger partial charge in [0.05, 0.1) is 12.0 Å². The van der Waals surface area contributed by atoms with Crippen LogP contribution in [0.1, 0.15) is 12.5 Å². The SMILES string of the molecule is CCn1c(SCC(=O)N/N=C\c2ccccc2Br)nnc1-c1ccc(Cl)cc1. The van der Waals surface area contributed by atoms with E-state index in [1.54, 1.807) is 6.21 Å². The predicted octanol–water partition coefficient (Wildman–Crippen LogP) is 4.62. The first-order valence-electron chi connectivity index (χ1n) is 8.47.